The van der Waals surface area contributed by atoms with Gasteiger partial charge in [-0.15, -0.1) is 0 Å². The van der Waals surface area contributed by atoms with E-state index >= 15 is 0 Å². The minimum Gasteiger partial charge on any atom is -0.508 e. The van der Waals surface area contributed by atoms with E-state index in [2.05, 4.69) is 0 Å². The molecule has 17 heavy (non-hydrogen) atoms. The third kappa shape index (κ3) is 2.11. The number of phenolic OH excluding ortho intramolecular Hbond substituents is 1. The van der Waals surface area contributed by atoms with E-state index in [9.17, 15) is 18.3 Å². The summed E-state index contributed by atoms with van der Waals surface area (Å²) in [6.07, 6.45) is 0. The van der Waals surface area contributed by atoms with Crippen molar-refractivity contribution in [2.45, 2.75) is 6.92 Å². The standard InChI is InChI=1S/C13H9F3O/c1-7-4-8(2-3-13(7)17)9-5-11(15)12(16)6-10(9)14/h2-6,17H,1H3. The summed E-state index contributed by atoms with van der Waals surface area (Å²) in [5.41, 5.74) is 0.885. The number of hydrogen-bond acceptors (Lipinski definition) is 1. The molecule has 1 nitrogen and oxygen atoms in total. The molecule has 4 heteroatoms. The summed E-state index contributed by atoms with van der Waals surface area (Å²) in [5, 5.41) is 9.33. The van der Waals surface area contributed by atoms with Crippen molar-refractivity contribution in [2.75, 3.05) is 0 Å². The second kappa shape index (κ2) is 4.13. The van der Waals surface area contributed by atoms with Crippen molar-refractivity contribution in [3.63, 3.8) is 0 Å². The maximum Gasteiger partial charge on any atom is 0.161 e. The van der Waals surface area contributed by atoms with E-state index in [1.54, 1.807) is 6.92 Å². The summed E-state index contributed by atoms with van der Waals surface area (Å²) in [6, 6.07) is 5.64. The molecule has 1 N–H and O–H groups in total. The van der Waals surface area contributed by atoms with E-state index in [0.717, 1.165) is 6.07 Å². The highest BCUT2D eigenvalue weighted by Gasteiger charge is 2.12. The van der Waals surface area contributed by atoms with Crippen LogP contribution in [0.2, 0.25) is 0 Å². The minimum absolute atomic E-state index is 0.0352. The largest absolute Gasteiger partial charge is 0.508 e. The van der Waals surface area contributed by atoms with Gasteiger partial charge in [-0.2, -0.15) is 0 Å². The van der Waals surface area contributed by atoms with Crippen LogP contribution in [0.5, 0.6) is 5.75 Å². The highest BCUT2D eigenvalue weighted by molar-refractivity contribution is 5.66. The smallest absolute Gasteiger partial charge is 0.161 e. The van der Waals surface area contributed by atoms with Gasteiger partial charge < -0.3 is 5.11 Å². The second-order valence-corrected chi connectivity index (χ2v) is 3.75. The van der Waals surface area contributed by atoms with E-state index in [1.165, 1.54) is 18.2 Å². The molecule has 0 bridgehead atoms. The van der Waals surface area contributed by atoms with Crippen LogP contribution in [0, 0.1) is 24.4 Å². The van der Waals surface area contributed by atoms with Crippen molar-refractivity contribution in [1.82, 2.24) is 0 Å². The Morgan fingerprint density at radius 1 is 0.882 bits per heavy atom. The molecule has 0 spiro atoms. The molecule has 0 aliphatic carbocycles. The molecule has 0 amide bonds. The lowest BCUT2D eigenvalue weighted by atomic mass is 10.0. The maximum absolute atomic E-state index is 13.5. The Kier molecular flexibility index (Phi) is 2.79. The van der Waals surface area contributed by atoms with Crippen LogP contribution in [0.4, 0.5) is 13.2 Å². The van der Waals surface area contributed by atoms with Gasteiger partial charge in [0.15, 0.2) is 11.6 Å². The van der Waals surface area contributed by atoms with Gasteiger partial charge in [0.2, 0.25) is 0 Å². The summed E-state index contributed by atoms with van der Waals surface area (Å²) in [7, 11) is 0. The number of aromatic hydroxyl groups is 1. The van der Waals surface area contributed by atoms with Gasteiger partial charge in [0.1, 0.15) is 11.6 Å². The van der Waals surface area contributed by atoms with Crippen LogP contribution in [0.1, 0.15) is 5.56 Å². The first-order valence-corrected chi connectivity index (χ1v) is 4.93. The van der Waals surface area contributed by atoms with Gasteiger partial charge in [-0.1, -0.05) is 6.07 Å². The zero-order valence-corrected chi connectivity index (χ0v) is 8.97. The number of benzene rings is 2. The lowest BCUT2D eigenvalue weighted by Crippen LogP contribution is -1.91. The van der Waals surface area contributed by atoms with Gasteiger partial charge in [-0.3, -0.25) is 0 Å². The number of halogens is 3. The molecule has 2 rings (SSSR count). The molecule has 0 aromatic heterocycles. The molecule has 2 aromatic rings. The fourth-order valence-corrected chi connectivity index (χ4v) is 1.57. The van der Waals surface area contributed by atoms with Crippen molar-refractivity contribution in [2.24, 2.45) is 0 Å². The Bertz CT molecular complexity index is 579. The quantitative estimate of drug-likeness (QED) is 0.749. The highest BCUT2D eigenvalue weighted by atomic mass is 19.2. The molecule has 2 aromatic carbocycles. The Balaban J connectivity index is 2.60. The van der Waals surface area contributed by atoms with Crippen molar-refractivity contribution >= 4 is 0 Å². The molecular weight excluding hydrogens is 229 g/mol. The van der Waals surface area contributed by atoms with Crippen LogP contribution in [0.15, 0.2) is 30.3 Å². The summed E-state index contributed by atoms with van der Waals surface area (Å²) in [6.45, 7) is 1.64. The zero-order valence-electron chi connectivity index (χ0n) is 8.97. The molecule has 0 aliphatic heterocycles. The Hall–Kier alpha value is -1.97. The molecule has 0 radical (unpaired) electrons. The second-order valence-electron chi connectivity index (χ2n) is 3.75. The van der Waals surface area contributed by atoms with Crippen molar-refractivity contribution in [3.8, 4) is 16.9 Å². The van der Waals surface area contributed by atoms with Crippen LogP contribution in [0.3, 0.4) is 0 Å². The van der Waals surface area contributed by atoms with Gasteiger partial charge in [0.25, 0.3) is 0 Å². The zero-order chi connectivity index (χ0) is 12.6. The summed E-state index contributed by atoms with van der Waals surface area (Å²) in [4.78, 5) is 0. The summed E-state index contributed by atoms with van der Waals surface area (Å²) in [5.74, 6) is -3.10. The van der Waals surface area contributed by atoms with E-state index in [-0.39, 0.29) is 11.3 Å². The minimum atomic E-state index is -1.22. The fraction of sp³-hybridized carbons (Fsp3) is 0.0769. The molecule has 0 heterocycles. The molecule has 88 valence electrons. The predicted octanol–water partition coefficient (Wildman–Crippen LogP) is 3.78. The molecule has 0 unspecified atom stereocenters. The number of hydrogen-bond donors (Lipinski definition) is 1. The van der Waals surface area contributed by atoms with Crippen LogP contribution in [-0.2, 0) is 0 Å². The van der Waals surface area contributed by atoms with Crippen molar-refractivity contribution in [3.05, 3.63) is 53.3 Å². The van der Waals surface area contributed by atoms with Crippen molar-refractivity contribution in [1.29, 1.82) is 0 Å². The van der Waals surface area contributed by atoms with E-state index < -0.39 is 17.5 Å². The average molecular weight is 238 g/mol. The molecule has 0 saturated heterocycles. The monoisotopic (exact) mass is 238 g/mol. The molecule has 0 atom stereocenters. The van der Waals surface area contributed by atoms with E-state index in [4.69, 9.17) is 0 Å². The average Bonchev–Trinajstić information content (AvgIpc) is 2.27. The van der Waals surface area contributed by atoms with Crippen LogP contribution in [-0.4, -0.2) is 5.11 Å². The lowest BCUT2D eigenvalue weighted by Gasteiger charge is -2.06. The topological polar surface area (TPSA) is 20.2 Å². The summed E-state index contributed by atoms with van der Waals surface area (Å²) >= 11 is 0. The first-order valence-electron chi connectivity index (χ1n) is 4.93. The van der Waals surface area contributed by atoms with Crippen molar-refractivity contribution < 1.29 is 18.3 Å². The van der Waals surface area contributed by atoms with Gasteiger partial charge >= 0.3 is 0 Å². The first-order chi connectivity index (χ1) is 7.99. The Morgan fingerprint density at radius 3 is 2.18 bits per heavy atom. The molecular formula is C13H9F3O. The summed E-state index contributed by atoms with van der Waals surface area (Å²) < 4.78 is 39.3. The number of phenols is 1. The Morgan fingerprint density at radius 2 is 1.53 bits per heavy atom. The van der Waals surface area contributed by atoms with E-state index in [0.29, 0.717) is 17.2 Å². The fourth-order valence-electron chi connectivity index (χ4n) is 1.57. The SMILES string of the molecule is Cc1cc(-c2cc(F)c(F)cc2F)ccc1O. The Labute approximate surface area is 96.1 Å². The van der Waals surface area contributed by atoms with Crippen LogP contribution in [0.25, 0.3) is 11.1 Å². The molecule has 0 aliphatic rings. The van der Waals surface area contributed by atoms with Gasteiger partial charge in [0.05, 0.1) is 0 Å². The first kappa shape index (κ1) is 11.5. The van der Waals surface area contributed by atoms with Gasteiger partial charge in [0, 0.05) is 11.6 Å². The highest BCUT2D eigenvalue weighted by Crippen LogP contribution is 2.28. The number of aryl methyl sites for hydroxylation is 1. The van der Waals surface area contributed by atoms with E-state index in [1.807, 2.05) is 0 Å². The maximum atomic E-state index is 13.5. The van der Waals surface area contributed by atoms with Crippen LogP contribution >= 0.6 is 0 Å². The van der Waals surface area contributed by atoms with Gasteiger partial charge in [-0.05, 0) is 36.2 Å². The van der Waals surface area contributed by atoms with Gasteiger partial charge in [-0.25, -0.2) is 13.2 Å². The third-order valence-corrected chi connectivity index (χ3v) is 2.52. The molecule has 0 fully saturated rings. The number of rotatable bonds is 1. The molecule has 0 saturated carbocycles. The normalized spacial score (nSPS) is 10.6. The van der Waals surface area contributed by atoms with Crippen LogP contribution < -0.4 is 0 Å². The lowest BCUT2D eigenvalue weighted by molar-refractivity contribution is 0.471. The third-order valence-electron chi connectivity index (χ3n) is 2.52. The predicted molar refractivity (Wildman–Crippen MR) is 58.2 cm³/mol.